The molecule has 22 heavy (non-hydrogen) atoms. The van der Waals surface area contributed by atoms with Gasteiger partial charge in [0.15, 0.2) is 0 Å². The third-order valence-corrected chi connectivity index (χ3v) is 4.98. The average molecular weight is 321 g/mol. The number of anilines is 1. The van der Waals surface area contributed by atoms with Gasteiger partial charge < -0.3 is 15.1 Å². The highest BCUT2D eigenvalue weighted by Gasteiger charge is 2.20. The van der Waals surface area contributed by atoms with Gasteiger partial charge in [0, 0.05) is 36.0 Å². The fourth-order valence-corrected chi connectivity index (χ4v) is 3.42. The summed E-state index contributed by atoms with van der Waals surface area (Å²) >= 11 is 1.84. The minimum absolute atomic E-state index is 0.0277. The molecule has 0 spiro atoms. The highest BCUT2D eigenvalue weighted by atomic mass is 32.2. The van der Waals surface area contributed by atoms with E-state index >= 15 is 0 Å². The molecule has 0 saturated carbocycles. The van der Waals surface area contributed by atoms with Crippen molar-refractivity contribution in [3.05, 3.63) is 24.3 Å². The number of nitrogens with one attached hydrogen (secondary N) is 1. The first-order chi connectivity index (χ1) is 10.5. The Bertz CT molecular complexity index is 467. The molecule has 0 aromatic heterocycles. The molecule has 4 nitrogen and oxygen atoms in total. The van der Waals surface area contributed by atoms with Crippen molar-refractivity contribution in [1.82, 2.24) is 9.80 Å². The molecular formula is C17H27N3OS. The number of carbonyl (C=O) groups excluding carboxylic acids is 1. The van der Waals surface area contributed by atoms with Crippen LogP contribution in [0.2, 0.25) is 0 Å². The second-order valence-corrected chi connectivity index (χ2v) is 7.44. The van der Waals surface area contributed by atoms with Crippen LogP contribution in [0, 0.1) is 5.92 Å². The van der Waals surface area contributed by atoms with E-state index in [0.717, 1.165) is 49.8 Å². The zero-order valence-corrected chi connectivity index (χ0v) is 14.7. The predicted molar refractivity (Wildman–Crippen MR) is 94.7 cm³/mol. The Hall–Kier alpha value is -1.20. The Morgan fingerprint density at radius 1 is 1.27 bits per heavy atom. The van der Waals surface area contributed by atoms with Crippen molar-refractivity contribution >= 4 is 23.5 Å². The van der Waals surface area contributed by atoms with E-state index in [-0.39, 0.29) is 6.03 Å². The molecule has 122 valence electrons. The van der Waals surface area contributed by atoms with Crippen molar-refractivity contribution in [3.63, 3.8) is 0 Å². The van der Waals surface area contributed by atoms with Crippen LogP contribution in [0.1, 0.15) is 19.8 Å². The second kappa shape index (κ2) is 8.44. The standard InChI is InChI=1S/C17H27N3OS/c1-14-8-10-20(11-9-14)17(21)18-15-4-6-16(7-5-15)22-13-12-19(2)3/h4-7,14H,8-13H2,1-3H3,(H,18,21). The maximum atomic E-state index is 12.2. The van der Waals surface area contributed by atoms with Gasteiger partial charge in [0.25, 0.3) is 0 Å². The summed E-state index contributed by atoms with van der Waals surface area (Å²) in [5.41, 5.74) is 0.876. The maximum Gasteiger partial charge on any atom is 0.321 e. The van der Waals surface area contributed by atoms with Gasteiger partial charge in [-0.15, -0.1) is 11.8 Å². The monoisotopic (exact) mass is 321 g/mol. The van der Waals surface area contributed by atoms with E-state index in [9.17, 15) is 4.79 Å². The van der Waals surface area contributed by atoms with Crippen molar-refractivity contribution in [2.24, 2.45) is 5.92 Å². The number of amides is 2. The fraction of sp³-hybridized carbons (Fsp3) is 0.588. The Morgan fingerprint density at radius 3 is 2.50 bits per heavy atom. The van der Waals surface area contributed by atoms with Crippen LogP contribution in [-0.4, -0.2) is 55.3 Å². The van der Waals surface area contributed by atoms with E-state index in [2.05, 4.69) is 43.4 Å². The van der Waals surface area contributed by atoms with Gasteiger partial charge in [-0.25, -0.2) is 4.79 Å². The summed E-state index contributed by atoms with van der Waals surface area (Å²) in [4.78, 5) is 17.6. The number of piperidine rings is 1. The van der Waals surface area contributed by atoms with Crippen molar-refractivity contribution in [2.75, 3.05) is 44.8 Å². The Labute approximate surface area is 138 Å². The van der Waals surface area contributed by atoms with Gasteiger partial charge in [0.05, 0.1) is 0 Å². The quantitative estimate of drug-likeness (QED) is 0.842. The van der Waals surface area contributed by atoms with E-state index in [1.807, 2.05) is 28.8 Å². The second-order valence-electron chi connectivity index (χ2n) is 6.28. The van der Waals surface area contributed by atoms with E-state index in [4.69, 9.17) is 0 Å². The van der Waals surface area contributed by atoms with Crippen molar-refractivity contribution in [2.45, 2.75) is 24.7 Å². The third kappa shape index (κ3) is 5.54. The molecule has 2 amide bonds. The third-order valence-electron chi connectivity index (χ3n) is 3.98. The average Bonchev–Trinajstić information content (AvgIpc) is 2.49. The van der Waals surface area contributed by atoms with E-state index < -0.39 is 0 Å². The molecule has 0 radical (unpaired) electrons. The molecule has 0 unspecified atom stereocenters. The molecule has 1 saturated heterocycles. The van der Waals surface area contributed by atoms with E-state index in [1.54, 1.807) is 0 Å². The molecule has 1 heterocycles. The van der Waals surface area contributed by atoms with Gasteiger partial charge in [-0.2, -0.15) is 0 Å². The number of hydrogen-bond donors (Lipinski definition) is 1. The van der Waals surface area contributed by atoms with E-state index in [1.165, 1.54) is 4.90 Å². The van der Waals surface area contributed by atoms with Gasteiger partial charge >= 0.3 is 6.03 Å². The number of benzene rings is 1. The van der Waals surface area contributed by atoms with Crippen LogP contribution in [0.25, 0.3) is 0 Å². The molecule has 0 aliphatic carbocycles. The lowest BCUT2D eigenvalue weighted by molar-refractivity contribution is 0.186. The van der Waals surface area contributed by atoms with Crippen LogP contribution >= 0.6 is 11.8 Å². The van der Waals surface area contributed by atoms with Crippen molar-refractivity contribution < 1.29 is 4.79 Å². The first-order valence-corrected chi connectivity index (χ1v) is 8.96. The Morgan fingerprint density at radius 2 is 1.91 bits per heavy atom. The molecule has 0 atom stereocenters. The lowest BCUT2D eigenvalue weighted by Crippen LogP contribution is -2.40. The minimum Gasteiger partial charge on any atom is -0.325 e. The van der Waals surface area contributed by atoms with Crippen LogP contribution in [0.3, 0.4) is 0 Å². The van der Waals surface area contributed by atoms with Gasteiger partial charge in [0.2, 0.25) is 0 Å². The first kappa shape index (κ1) is 17.2. The SMILES string of the molecule is CC1CCN(C(=O)Nc2ccc(SCCN(C)C)cc2)CC1. The summed E-state index contributed by atoms with van der Waals surface area (Å²) in [5.74, 6) is 1.81. The highest BCUT2D eigenvalue weighted by Crippen LogP contribution is 2.21. The summed E-state index contributed by atoms with van der Waals surface area (Å²) < 4.78 is 0. The zero-order valence-electron chi connectivity index (χ0n) is 13.8. The number of likely N-dealkylation sites (tertiary alicyclic amines) is 1. The Balaban J connectivity index is 1.79. The van der Waals surface area contributed by atoms with E-state index in [0.29, 0.717) is 0 Å². The molecule has 1 aromatic carbocycles. The number of carbonyl (C=O) groups is 1. The summed E-state index contributed by atoms with van der Waals surface area (Å²) in [5, 5.41) is 3.00. The molecule has 1 aromatic rings. The molecule has 2 rings (SSSR count). The summed E-state index contributed by atoms with van der Waals surface area (Å²) in [6.45, 7) is 5.05. The summed E-state index contributed by atoms with van der Waals surface area (Å²) in [6, 6.07) is 8.16. The van der Waals surface area contributed by atoms with Crippen LogP contribution in [0.15, 0.2) is 29.2 Å². The highest BCUT2D eigenvalue weighted by molar-refractivity contribution is 7.99. The van der Waals surface area contributed by atoms with Gasteiger partial charge in [-0.05, 0) is 57.1 Å². The number of rotatable bonds is 5. The number of urea groups is 1. The van der Waals surface area contributed by atoms with Crippen molar-refractivity contribution in [1.29, 1.82) is 0 Å². The summed E-state index contributed by atoms with van der Waals surface area (Å²) in [6.07, 6.45) is 2.21. The Kier molecular flexibility index (Phi) is 6.58. The zero-order chi connectivity index (χ0) is 15.9. The molecular weight excluding hydrogens is 294 g/mol. The smallest absolute Gasteiger partial charge is 0.321 e. The number of thioether (sulfide) groups is 1. The summed E-state index contributed by atoms with van der Waals surface area (Å²) in [7, 11) is 4.17. The number of nitrogens with zero attached hydrogens (tertiary/aromatic N) is 2. The first-order valence-electron chi connectivity index (χ1n) is 7.98. The molecule has 1 aliphatic heterocycles. The van der Waals surface area contributed by atoms with Crippen LogP contribution < -0.4 is 5.32 Å². The number of hydrogen-bond acceptors (Lipinski definition) is 3. The normalized spacial score (nSPS) is 16.1. The van der Waals surface area contributed by atoms with Crippen LogP contribution in [0.5, 0.6) is 0 Å². The molecule has 1 aliphatic rings. The molecule has 5 heteroatoms. The fourth-order valence-electron chi connectivity index (χ4n) is 2.39. The van der Waals surface area contributed by atoms with Gasteiger partial charge in [-0.3, -0.25) is 0 Å². The van der Waals surface area contributed by atoms with Crippen molar-refractivity contribution in [3.8, 4) is 0 Å². The minimum atomic E-state index is 0.0277. The van der Waals surface area contributed by atoms with Crippen LogP contribution in [0.4, 0.5) is 10.5 Å². The molecule has 1 fully saturated rings. The lowest BCUT2D eigenvalue weighted by atomic mass is 10.00. The predicted octanol–water partition coefficient (Wildman–Crippen LogP) is 3.60. The molecule has 0 bridgehead atoms. The largest absolute Gasteiger partial charge is 0.325 e. The van der Waals surface area contributed by atoms with Gasteiger partial charge in [-0.1, -0.05) is 6.92 Å². The molecule has 1 N–H and O–H groups in total. The van der Waals surface area contributed by atoms with Crippen LogP contribution in [-0.2, 0) is 0 Å². The van der Waals surface area contributed by atoms with Gasteiger partial charge in [0.1, 0.15) is 0 Å². The topological polar surface area (TPSA) is 35.6 Å². The maximum absolute atomic E-state index is 12.2. The lowest BCUT2D eigenvalue weighted by Gasteiger charge is -2.30.